The number of rotatable bonds is 6. The van der Waals surface area contributed by atoms with Gasteiger partial charge in [-0.2, -0.15) is 0 Å². The number of aliphatic hydroxyl groups is 2. The van der Waals surface area contributed by atoms with E-state index >= 15 is 0 Å². The highest BCUT2D eigenvalue weighted by Gasteiger charge is 2.17. The monoisotopic (exact) mass is 252 g/mol. The topological polar surface area (TPSA) is 81.6 Å². The summed E-state index contributed by atoms with van der Waals surface area (Å²) in [5.41, 5.74) is 0.697. The maximum Gasteiger partial charge on any atom is 0.221 e. The Balaban J connectivity index is 2.42. The highest BCUT2D eigenvalue weighted by atomic mass is 16.3. The van der Waals surface area contributed by atoms with Crippen molar-refractivity contribution in [3.05, 3.63) is 29.8 Å². The SMILES string of the molecule is CC(=O)Nc1ccc(CNCC(C)(O)CO)cc1. The van der Waals surface area contributed by atoms with Crippen molar-refractivity contribution in [2.45, 2.75) is 26.0 Å². The Labute approximate surface area is 107 Å². The van der Waals surface area contributed by atoms with E-state index in [1.807, 2.05) is 24.3 Å². The van der Waals surface area contributed by atoms with E-state index in [9.17, 15) is 9.90 Å². The van der Waals surface area contributed by atoms with Crippen LogP contribution in [0.3, 0.4) is 0 Å². The van der Waals surface area contributed by atoms with Gasteiger partial charge in [-0.3, -0.25) is 4.79 Å². The molecule has 1 aromatic carbocycles. The maximum atomic E-state index is 10.8. The minimum atomic E-state index is -1.10. The lowest BCUT2D eigenvalue weighted by atomic mass is 10.1. The second-order valence-corrected chi connectivity index (χ2v) is 4.64. The number of anilines is 1. The molecule has 0 saturated heterocycles. The third kappa shape index (κ3) is 5.27. The van der Waals surface area contributed by atoms with Crippen LogP contribution in [0.1, 0.15) is 19.4 Å². The van der Waals surface area contributed by atoms with Crippen LogP contribution in [0.2, 0.25) is 0 Å². The maximum absolute atomic E-state index is 10.8. The first-order valence-electron chi connectivity index (χ1n) is 5.83. The second kappa shape index (κ2) is 6.49. The molecule has 5 heteroatoms. The molecule has 18 heavy (non-hydrogen) atoms. The summed E-state index contributed by atoms with van der Waals surface area (Å²) in [6.45, 7) is 3.67. The lowest BCUT2D eigenvalue weighted by Crippen LogP contribution is -2.40. The molecule has 5 nitrogen and oxygen atoms in total. The van der Waals surface area contributed by atoms with Gasteiger partial charge in [0.1, 0.15) is 0 Å². The number of amides is 1. The van der Waals surface area contributed by atoms with Gasteiger partial charge < -0.3 is 20.8 Å². The van der Waals surface area contributed by atoms with Crippen LogP contribution >= 0.6 is 0 Å². The summed E-state index contributed by atoms with van der Waals surface area (Å²) >= 11 is 0. The minimum absolute atomic E-state index is 0.0973. The normalized spacial score (nSPS) is 14.0. The summed E-state index contributed by atoms with van der Waals surface area (Å²) in [4.78, 5) is 10.8. The number of nitrogens with one attached hydrogen (secondary N) is 2. The van der Waals surface area contributed by atoms with Crippen molar-refractivity contribution < 1.29 is 15.0 Å². The van der Waals surface area contributed by atoms with E-state index in [1.54, 1.807) is 6.92 Å². The molecule has 1 unspecified atom stereocenters. The summed E-state index contributed by atoms with van der Waals surface area (Å²) in [5, 5.41) is 24.2. The number of benzene rings is 1. The molecule has 0 saturated carbocycles. The Morgan fingerprint density at radius 1 is 1.33 bits per heavy atom. The van der Waals surface area contributed by atoms with E-state index in [-0.39, 0.29) is 12.5 Å². The van der Waals surface area contributed by atoms with Gasteiger partial charge in [0.2, 0.25) is 5.91 Å². The summed E-state index contributed by atoms with van der Waals surface area (Å²) in [7, 11) is 0. The number of hydrogen-bond acceptors (Lipinski definition) is 4. The lowest BCUT2D eigenvalue weighted by Gasteiger charge is -2.20. The average molecular weight is 252 g/mol. The van der Waals surface area contributed by atoms with Crippen LogP contribution in [0, 0.1) is 0 Å². The van der Waals surface area contributed by atoms with Crippen molar-refractivity contribution in [2.75, 3.05) is 18.5 Å². The number of carbonyl (C=O) groups is 1. The fourth-order valence-corrected chi connectivity index (χ4v) is 1.44. The molecular formula is C13H20N2O3. The zero-order chi connectivity index (χ0) is 13.6. The van der Waals surface area contributed by atoms with E-state index in [4.69, 9.17) is 5.11 Å². The first kappa shape index (κ1) is 14.6. The quantitative estimate of drug-likeness (QED) is 0.593. The van der Waals surface area contributed by atoms with Gasteiger partial charge in [0.15, 0.2) is 0 Å². The summed E-state index contributed by atoms with van der Waals surface area (Å²) < 4.78 is 0. The molecule has 1 atom stereocenters. The molecule has 0 radical (unpaired) electrons. The highest BCUT2D eigenvalue weighted by molar-refractivity contribution is 5.88. The fourth-order valence-electron chi connectivity index (χ4n) is 1.44. The Morgan fingerprint density at radius 2 is 1.94 bits per heavy atom. The van der Waals surface area contributed by atoms with Gasteiger partial charge in [-0.15, -0.1) is 0 Å². The molecular weight excluding hydrogens is 232 g/mol. The van der Waals surface area contributed by atoms with Gasteiger partial charge in [-0.05, 0) is 24.6 Å². The predicted molar refractivity (Wildman–Crippen MR) is 70.2 cm³/mol. The molecule has 0 aliphatic heterocycles. The Morgan fingerprint density at radius 3 is 2.44 bits per heavy atom. The van der Waals surface area contributed by atoms with Gasteiger partial charge >= 0.3 is 0 Å². The van der Waals surface area contributed by atoms with E-state index < -0.39 is 5.60 Å². The van der Waals surface area contributed by atoms with Crippen molar-refractivity contribution in [1.29, 1.82) is 0 Å². The molecule has 0 spiro atoms. The van der Waals surface area contributed by atoms with E-state index in [0.29, 0.717) is 13.1 Å². The van der Waals surface area contributed by atoms with Gasteiger partial charge in [0, 0.05) is 25.7 Å². The van der Waals surface area contributed by atoms with Crippen LogP contribution in [0.5, 0.6) is 0 Å². The summed E-state index contributed by atoms with van der Waals surface area (Å²) in [5.74, 6) is -0.0973. The molecule has 0 bridgehead atoms. The van der Waals surface area contributed by atoms with E-state index in [0.717, 1.165) is 11.3 Å². The molecule has 1 amide bonds. The standard InChI is InChI=1S/C13H20N2O3/c1-10(17)15-12-5-3-11(4-6-12)7-14-8-13(2,18)9-16/h3-6,14,16,18H,7-9H2,1-2H3,(H,15,17). The van der Waals surface area contributed by atoms with Crippen LogP contribution in [0.4, 0.5) is 5.69 Å². The van der Waals surface area contributed by atoms with Crippen molar-refractivity contribution in [3.8, 4) is 0 Å². The molecule has 100 valence electrons. The Hall–Kier alpha value is -1.43. The average Bonchev–Trinajstić information content (AvgIpc) is 2.30. The molecule has 0 aliphatic carbocycles. The minimum Gasteiger partial charge on any atom is -0.393 e. The zero-order valence-electron chi connectivity index (χ0n) is 10.7. The second-order valence-electron chi connectivity index (χ2n) is 4.64. The van der Waals surface area contributed by atoms with Gasteiger partial charge in [0.05, 0.1) is 12.2 Å². The van der Waals surface area contributed by atoms with Crippen molar-refractivity contribution in [1.82, 2.24) is 5.32 Å². The summed E-state index contributed by atoms with van der Waals surface area (Å²) in [6.07, 6.45) is 0. The summed E-state index contributed by atoms with van der Waals surface area (Å²) in [6, 6.07) is 7.43. The molecule has 0 aromatic heterocycles. The third-order valence-corrected chi connectivity index (χ3v) is 2.45. The van der Waals surface area contributed by atoms with Gasteiger partial charge in [0.25, 0.3) is 0 Å². The van der Waals surface area contributed by atoms with Gasteiger partial charge in [-0.1, -0.05) is 12.1 Å². The van der Waals surface area contributed by atoms with Crippen molar-refractivity contribution in [2.24, 2.45) is 0 Å². The van der Waals surface area contributed by atoms with Crippen LogP contribution in [-0.4, -0.2) is 34.9 Å². The highest BCUT2D eigenvalue weighted by Crippen LogP contribution is 2.09. The molecule has 1 rings (SSSR count). The molecule has 4 N–H and O–H groups in total. The number of aliphatic hydroxyl groups excluding tert-OH is 1. The van der Waals surface area contributed by atoms with E-state index in [1.165, 1.54) is 6.92 Å². The largest absolute Gasteiger partial charge is 0.393 e. The zero-order valence-corrected chi connectivity index (χ0v) is 10.7. The van der Waals surface area contributed by atoms with Crippen LogP contribution in [0.15, 0.2) is 24.3 Å². The fraction of sp³-hybridized carbons (Fsp3) is 0.462. The van der Waals surface area contributed by atoms with E-state index in [2.05, 4.69) is 10.6 Å². The van der Waals surface area contributed by atoms with Crippen molar-refractivity contribution >= 4 is 11.6 Å². The molecule has 0 aliphatic rings. The molecule has 0 fully saturated rings. The Bertz CT molecular complexity index is 388. The van der Waals surface area contributed by atoms with Crippen molar-refractivity contribution in [3.63, 3.8) is 0 Å². The van der Waals surface area contributed by atoms with Crippen LogP contribution in [0.25, 0.3) is 0 Å². The van der Waals surface area contributed by atoms with Crippen LogP contribution in [-0.2, 0) is 11.3 Å². The van der Waals surface area contributed by atoms with Gasteiger partial charge in [-0.25, -0.2) is 0 Å². The first-order valence-corrected chi connectivity index (χ1v) is 5.83. The molecule has 0 heterocycles. The third-order valence-electron chi connectivity index (χ3n) is 2.45. The predicted octanol–water partition coefficient (Wildman–Crippen LogP) is 0.478. The number of carbonyl (C=O) groups excluding carboxylic acids is 1. The first-order chi connectivity index (χ1) is 8.43. The Kier molecular flexibility index (Phi) is 5.27. The number of hydrogen-bond donors (Lipinski definition) is 4. The van der Waals surface area contributed by atoms with Crippen LogP contribution < -0.4 is 10.6 Å². The lowest BCUT2D eigenvalue weighted by molar-refractivity contribution is -0.114. The molecule has 1 aromatic rings. The smallest absolute Gasteiger partial charge is 0.221 e.